The van der Waals surface area contributed by atoms with Gasteiger partial charge in [0.1, 0.15) is 11.5 Å². The Morgan fingerprint density at radius 3 is 2.35 bits per heavy atom. The van der Waals surface area contributed by atoms with E-state index in [2.05, 4.69) is 23.0 Å². The third kappa shape index (κ3) is 9.26. The molecule has 0 aromatic heterocycles. The summed E-state index contributed by atoms with van der Waals surface area (Å²) in [7, 11) is -2.23. The first-order valence-corrected chi connectivity index (χ1v) is 18.1. The molecule has 2 atom stereocenters. The quantitative estimate of drug-likeness (QED) is 0.0959. The fraction of sp³-hybridized carbons (Fsp3) is 0.316. The maximum Gasteiger partial charge on any atom is 0.266 e. The van der Waals surface area contributed by atoms with Crippen molar-refractivity contribution in [2.24, 2.45) is 4.99 Å². The van der Waals surface area contributed by atoms with Gasteiger partial charge in [-0.15, -0.1) is 0 Å². The van der Waals surface area contributed by atoms with E-state index in [9.17, 15) is 13.2 Å². The van der Waals surface area contributed by atoms with Crippen molar-refractivity contribution in [3.05, 3.63) is 126 Å². The molecule has 1 amide bonds. The Hall–Kier alpha value is -4.71. The van der Waals surface area contributed by atoms with E-state index in [0.29, 0.717) is 42.2 Å². The van der Waals surface area contributed by atoms with Crippen LogP contribution < -0.4 is 20.3 Å². The molecular weight excluding hydrogens is 642 g/mol. The normalized spacial score (nSPS) is 17.2. The molecule has 1 heterocycles. The van der Waals surface area contributed by atoms with Crippen LogP contribution in [0.1, 0.15) is 48.5 Å². The van der Waals surface area contributed by atoms with E-state index in [1.165, 1.54) is 5.56 Å². The summed E-state index contributed by atoms with van der Waals surface area (Å²) < 4.78 is 44.8. The van der Waals surface area contributed by atoms with Crippen molar-refractivity contribution in [1.82, 2.24) is 10.9 Å². The molecule has 4 aromatic rings. The van der Waals surface area contributed by atoms with E-state index in [1.807, 2.05) is 24.3 Å². The molecule has 0 aliphatic carbocycles. The summed E-state index contributed by atoms with van der Waals surface area (Å²) in [5.74, 6) is 0.506. The summed E-state index contributed by atoms with van der Waals surface area (Å²) in [6.45, 7) is 0.903. The van der Waals surface area contributed by atoms with Crippen molar-refractivity contribution in [1.29, 1.82) is 0 Å². The minimum absolute atomic E-state index is 0.0288. The predicted molar refractivity (Wildman–Crippen MR) is 188 cm³/mol. The van der Waals surface area contributed by atoms with Crippen molar-refractivity contribution < 1.29 is 32.5 Å². The Kier molecular flexibility index (Phi) is 12.4. The van der Waals surface area contributed by atoms with Crippen LogP contribution in [0.5, 0.6) is 11.5 Å². The fourth-order valence-electron chi connectivity index (χ4n) is 5.65. The number of sulfone groups is 1. The van der Waals surface area contributed by atoms with E-state index in [0.717, 1.165) is 19.3 Å². The van der Waals surface area contributed by atoms with Crippen molar-refractivity contribution in [2.45, 2.75) is 48.6 Å². The van der Waals surface area contributed by atoms with Crippen LogP contribution in [0.15, 0.2) is 119 Å². The van der Waals surface area contributed by atoms with Crippen LogP contribution in [0.25, 0.3) is 0 Å². The first-order valence-electron chi connectivity index (χ1n) is 16.4. The largest absolute Gasteiger partial charge is 0.497 e. The maximum absolute atomic E-state index is 14.4. The zero-order valence-electron chi connectivity index (χ0n) is 27.6. The Labute approximate surface area is 288 Å². The summed E-state index contributed by atoms with van der Waals surface area (Å²) >= 11 is 0. The number of methoxy groups -OCH3 is 1. The molecule has 258 valence electrons. The number of rotatable bonds is 18. The molecule has 11 heteroatoms. The summed E-state index contributed by atoms with van der Waals surface area (Å²) in [5, 5.41) is 9.08. The number of nitrogens with zero attached hydrogens (tertiary/aromatic N) is 1. The molecule has 0 saturated heterocycles. The number of aliphatic imine (C=N–C) groups is 1. The number of benzene rings is 4. The van der Waals surface area contributed by atoms with Crippen LogP contribution in [0.2, 0.25) is 0 Å². The summed E-state index contributed by atoms with van der Waals surface area (Å²) in [6.07, 6.45) is 2.03. The predicted octanol–water partition coefficient (Wildman–Crippen LogP) is 5.22. The molecular formula is C38H43N3O7S. The van der Waals surface area contributed by atoms with Crippen LogP contribution >= 0.6 is 0 Å². The van der Waals surface area contributed by atoms with Crippen molar-refractivity contribution >= 4 is 21.6 Å². The number of aryl methyl sites for hydroxylation is 1. The summed E-state index contributed by atoms with van der Waals surface area (Å²) in [4.78, 5) is 19.5. The molecule has 1 aliphatic heterocycles. The van der Waals surface area contributed by atoms with Crippen molar-refractivity contribution in [3.63, 3.8) is 0 Å². The molecule has 4 aromatic carbocycles. The number of carbonyl (C=O) groups is 1. The van der Waals surface area contributed by atoms with E-state index >= 15 is 0 Å². The van der Waals surface area contributed by atoms with Gasteiger partial charge in [0, 0.05) is 31.6 Å². The van der Waals surface area contributed by atoms with Crippen molar-refractivity contribution in [2.75, 3.05) is 32.6 Å². The molecule has 0 saturated carbocycles. The smallest absolute Gasteiger partial charge is 0.266 e. The molecule has 0 unspecified atom stereocenters. The van der Waals surface area contributed by atoms with Crippen LogP contribution in [0.3, 0.4) is 0 Å². The molecule has 3 N–H and O–H groups in total. The number of nitrogens with one attached hydrogen (secondary N) is 2. The highest BCUT2D eigenvalue weighted by atomic mass is 32.2. The second-order valence-corrected chi connectivity index (χ2v) is 13.9. The zero-order valence-corrected chi connectivity index (χ0v) is 28.4. The molecule has 0 spiro atoms. The highest BCUT2D eigenvalue weighted by Gasteiger charge is 2.53. The number of hydrogen-bond acceptors (Lipinski definition) is 9. The van der Waals surface area contributed by atoms with Gasteiger partial charge >= 0.3 is 0 Å². The highest BCUT2D eigenvalue weighted by molar-refractivity contribution is 7.91. The van der Waals surface area contributed by atoms with Gasteiger partial charge in [0.15, 0.2) is 21.5 Å². The number of aliphatic hydroxyl groups excluding tert-OH is 1. The topological polar surface area (TPSA) is 136 Å². The second kappa shape index (κ2) is 17.1. The lowest BCUT2D eigenvalue weighted by molar-refractivity contribution is -0.130. The number of unbranched alkanes of at least 4 members (excludes halogenated alkanes) is 1. The SMILES string of the molecule is COc1cccc([C@@H]2OC(c3ccc(OCCCO)cc3)=N[C@]2(CCS(=O)(=O)c2ccccc2)C(=O)NNCCCCc2ccccc2)c1. The number of aliphatic hydroxyl groups is 1. The lowest BCUT2D eigenvalue weighted by Gasteiger charge is -2.30. The van der Waals surface area contributed by atoms with Gasteiger partial charge < -0.3 is 19.3 Å². The molecule has 0 radical (unpaired) electrons. The summed E-state index contributed by atoms with van der Waals surface area (Å²) in [6, 6.07) is 32.6. The molecule has 0 bridgehead atoms. The fourth-order valence-corrected chi connectivity index (χ4v) is 7.04. The molecule has 10 nitrogen and oxygen atoms in total. The van der Waals surface area contributed by atoms with E-state index in [4.69, 9.17) is 24.3 Å². The van der Waals surface area contributed by atoms with Gasteiger partial charge in [0.2, 0.25) is 5.90 Å². The van der Waals surface area contributed by atoms with Gasteiger partial charge in [-0.2, -0.15) is 0 Å². The van der Waals surface area contributed by atoms with Crippen molar-refractivity contribution in [3.8, 4) is 11.5 Å². The van der Waals surface area contributed by atoms with Gasteiger partial charge in [0.25, 0.3) is 5.91 Å². The Morgan fingerprint density at radius 1 is 0.898 bits per heavy atom. The van der Waals surface area contributed by atoms with Crippen LogP contribution in [-0.2, 0) is 25.8 Å². The monoisotopic (exact) mass is 685 g/mol. The van der Waals surface area contributed by atoms with E-state index in [-0.39, 0.29) is 29.6 Å². The van der Waals surface area contributed by atoms with Crippen LogP contribution in [-0.4, -0.2) is 63.5 Å². The Balaban J connectivity index is 1.44. The third-order valence-corrected chi connectivity index (χ3v) is 10.1. The van der Waals surface area contributed by atoms with Crippen LogP contribution in [0.4, 0.5) is 0 Å². The van der Waals surface area contributed by atoms with Gasteiger partial charge in [0.05, 0.1) is 24.4 Å². The first kappa shape index (κ1) is 35.6. The lowest BCUT2D eigenvalue weighted by Crippen LogP contribution is -2.53. The molecule has 0 fully saturated rings. The first-order chi connectivity index (χ1) is 23.8. The average molecular weight is 686 g/mol. The van der Waals surface area contributed by atoms with Gasteiger partial charge in [-0.25, -0.2) is 18.8 Å². The lowest BCUT2D eigenvalue weighted by atomic mass is 9.85. The number of amides is 1. The molecule has 5 rings (SSSR count). The van der Waals surface area contributed by atoms with E-state index < -0.39 is 27.4 Å². The zero-order chi connectivity index (χ0) is 34.5. The Bertz CT molecular complexity index is 1790. The standard InChI is InChI=1S/C38H43N3O7S/c1-46-33-16-10-15-31(28-33)35-38(23-27-49(44,45)34-17-6-3-7-18-34,37(43)41-39-24-9-8-14-29-12-4-2-5-13-29)40-36(48-35)30-19-21-32(22-20-30)47-26-11-25-42/h2-7,10,12-13,15-22,28,35,39,42H,8-9,11,14,23-27H2,1H3,(H,41,43)/t35-,38-/m0/s1. The number of hydrogen-bond donors (Lipinski definition) is 3. The van der Waals surface area contributed by atoms with Gasteiger partial charge in [-0.05, 0) is 78.9 Å². The molecule has 49 heavy (non-hydrogen) atoms. The molecule has 1 aliphatic rings. The van der Waals surface area contributed by atoms with E-state index in [1.54, 1.807) is 79.9 Å². The van der Waals surface area contributed by atoms with Crippen LogP contribution in [0, 0.1) is 0 Å². The minimum atomic E-state index is -3.78. The second-order valence-electron chi connectivity index (χ2n) is 11.8. The van der Waals surface area contributed by atoms with Gasteiger partial charge in [-0.1, -0.05) is 60.7 Å². The Morgan fingerprint density at radius 2 is 1.63 bits per heavy atom. The summed E-state index contributed by atoms with van der Waals surface area (Å²) in [5.41, 5.74) is 6.68. The third-order valence-electron chi connectivity index (χ3n) is 8.34. The minimum Gasteiger partial charge on any atom is -0.497 e. The maximum atomic E-state index is 14.4. The average Bonchev–Trinajstić information content (AvgIpc) is 3.54. The van der Waals surface area contributed by atoms with Gasteiger partial charge in [-0.3, -0.25) is 10.2 Å². The number of carbonyl (C=O) groups excluding carboxylic acids is 1. The number of hydrazine groups is 1. The number of ether oxygens (including phenoxy) is 3. The highest BCUT2D eigenvalue weighted by Crippen LogP contribution is 2.43.